The Kier molecular flexibility index (Phi) is 6.41. The minimum absolute atomic E-state index is 0.00111. The van der Waals surface area contributed by atoms with Crippen molar-refractivity contribution in [2.75, 3.05) is 0 Å². The number of fused-ring (bicyclic) bond motifs is 4. The van der Waals surface area contributed by atoms with Crippen LogP contribution in [-0.2, 0) is 17.5 Å². The van der Waals surface area contributed by atoms with Crippen LogP contribution in [0.4, 0.5) is 0 Å². The lowest BCUT2D eigenvalue weighted by Gasteiger charge is -2.53. The Labute approximate surface area is 240 Å². The zero-order valence-electron chi connectivity index (χ0n) is 24.1. The molecule has 0 aliphatic heterocycles. The first-order valence-corrected chi connectivity index (χ1v) is 17.0. The molecule has 6 rings (SSSR count). The number of rotatable bonds is 5. The summed E-state index contributed by atoms with van der Waals surface area (Å²) in [5.41, 5.74) is 7.68. The van der Waals surface area contributed by atoms with E-state index in [4.69, 9.17) is 19.4 Å². The molecule has 1 unspecified atom stereocenters. The summed E-state index contributed by atoms with van der Waals surface area (Å²) < 4.78 is 18.6. The third-order valence-corrected chi connectivity index (χ3v) is 13.9. The number of hydrogen-bond acceptors (Lipinski definition) is 8. The van der Waals surface area contributed by atoms with E-state index in [1.54, 1.807) is 6.07 Å². The summed E-state index contributed by atoms with van der Waals surface area (Å²) in [6.07, 6.45) is 0.935. The van der Waals surface area contributed by atoms with Crippen LogP contribution in [0.3, 0.4) is 0 Å². The Morgan fingerprint density at radius 3 is 2.49 bits per heavy atom. The maximum Gasteiger partial charge on any atom is 0.265 e. The van der Waals surface area contributed by atoms with Gasteiger partial charge in [0.15, 0.2) is 25.5 Å². The molecular formula is C32H36N2O6Si. The summed E-state index contributed by atoms with van der Waals surface area (Å²) in [7, 11) is -2.74. The number of Topliss-reactive ketones (excluding diaryl/α,β-unsaturated/α-hetero) is 2. The Bertz CT molecular complexity index is 1570. The van der Waals surface area contributed by atoms with Gasteiger partial charge in [-0.15, -0.1) is 0 Å². The van der Waals surface area contributed by atoms with E-state index in [-0.39, 0.29) is 51.9 Å². The minimum Gasteiger partial charge on any atom is -0.508 e. The van der Waals surface area contributed by atoms with E-state index in [9.17, 15) is 14.7 Å². The van der Waals surface area contributed by atoms with E-state index < -0.39 is 31.7 Å². The molecule has 3 aromatic rings. The smallest absolute Gasteiger partial charge is 0.265 e. The Balaban J connectivity index is 1.52. The zero-order chi connectivity index (χ0) is 29.3. The Morgan fingerprint density at radius 2 is 1.78 bits per heavy atom. The van der Waals surface area contributed by atoms with Gasteiger partial charge in [0, 0.05) is 17.1 Å². The van der Waals surface area contributed by atoms with Crippen molar-refractivity contribution in [1.29, 1.82) is 0 Å². The zero-order valence-corrected chi connectivity index (χ0v) is 25.1. The van der Waals surface area contributed by atoms with Gasteiger partial charge in [0.05, 0.1) is 6.04 Å². The van der Waals surface area contributed by atoms with Crippen molar-refractivity contribution < 1.29 is 28.4 Å². The number of ketones is 2. The van der Waals surface area contributed by atoms with Gasteiger partial charge in [-0.05, 0) is 53.2 Å². The number of nitrogens with two attached hydrogens (primary N) is 1. The molecule has 9 heteroatoms. The fraction of sp³-hybridized carbons (Fsp3) is 0.406. The predicted molar refractivity (Wildman–Crippen MR) is 155 cm³/mol. The van der Waals surface area contributed by atoms with Crippen LogP contribution in [0.15, 0.2) is 70.5 Å². The van der Waals surface area contributed by atoms with E-state index >= 15 is 0 Å². The Hall–Kier alpha value is -3.53. The first-order valence-electron chi connectivity index (χ1n) is 14.1. The van der Waals surface area contributed by atoms with Crippen molar-refractivity contribution in [2.24, 2.45) is 17.6 Å². The first kappa shape index (κ1) is 27.6. The topological polar surface area (TPSA) is 125 Å². The molecule has 8 nitrogen and oxygen atoms in total. The number of carbonyl (C=O) groups excluding carboxylic acids is 2. The summed E-state index contributed by atoms with van der Waals surface area (Å²) >= 11 is 0. The highest BCUT2D eigenvalue weighted by Gasteiger charge is 2.66. The molecule has 0 saturated carbocycles. The highest BCUT2D eigenvalue weighted by atomic mass is 28.4. The minimum atomic E-state index is -2.74. The normalized spacial score (nSPS) is 25.8. The van der Waals surface area contributed by atoms with Gasteiger partial charge in [-0.3, -0.25) is 9.59 Å². The van der Waals surface area contributed by atoms with Crippen molar-refractivity contribution in [3.8, 4) is 5.88 Å². The van der Waals surface area contributed by atoms with Crippen LogP contribution in [0.2, 0.25) is 18.1 Å². The number of hydrogen-bond donors (Lipinski definition) is 2. The molecule has 0 fully saturated rings. The van der Waals surface area contributed by atoms with Gasteiger partial charge < -0.3 is 24.5 Å². The van der Waals surface area contributed by atoms with Crippen molar-refractivity contribution in [1.82, 2.24) is 5.16 Å². The quantitative estimate of drug-likeness (QED) is 0.352. The molecule has 3 aliphatic rings. The van der Waals surface area contributed by atoms with Crippen molar-refractivity contribution in [3.63, 3.8) is 0 Å². The largest absolute Gasteiger partial charge is 0.508 e. The number of aliphatic hydroxyl groups excluding tert-OH is 1. The van der Waals surface area contributed by atoms with Gasteiger partial charge >= 0.3 is 0 Å². The summed E-state index contributed by atoms with van der Waals surface area (Å²) in [6, 6.07) is 16.1. The van der Waals surface area contributed by atoms with Crippen LogP contribution in [0.25, 0.3) is 0 Å². The van der Waals surface area contributed by atoms with Crippen LogP contribution >= 0.6 is 0 Å². The maximum atomic E-state index is 14.8. The second-order valence-corrected chi connectivity index (χ2v) is 17.7. The van der Waals surface area contributed by atoms with E-state index in [2.05, 4.69) is 25.9 Å². The van der Waals surface area contributed by atoms with Gasteiger partial charge in [-0.25, -0.2) is 0 Å². The van der Waals surface area contributed by atoms with Crippen molar-refractivity contribution >= 4 is 19.9 Å². The highest BCUT2D eigenvalue weighted by Crippen LogP contribution is 2.57. The molecule has 1 aromatic heterocycles. The van der Waals surface area contributed by atoms with Crippen LogP contribution < -0.4 is 10.5 Å². The average Bonchev–Trinajstić information content (AvgIpc) is 3.36. The number of aliphatic hydroxyl groups is 1. The van der Waals surface area contributed by atoms with E-state index in [0.29, 0.717) is 18.4 Å². The monoisotopic (exact) mass is 572 g/mol. The molecule has 0 saturated heterocycles. The molecule has 3 aliphatic carbocycles. The molecule has 4 atom stereocenters. The third kappa shape index (κ3) is 4.13. The van der Waals surface area contributed by atoms with Gasteiger partial charge in [0.25, 0.3) is 5.88 Å². The number of carbonyl (C=O) groups is 2. The SMILES string of the molecule is CC(C)(C)[Si](C)(C)OC12C(=O)c3c(OCc4ccccc4)noc3[C@@H](N)[C@@H]1C[C@@H]1Cc3ccccc3C(=O)C1=C2O. The molecule has 0 bridgehead atoms. The summed E-state index contributed by atoms with van der Waals surface area (Å²) in [5, 5.41) is 16.0. The van der Waals surface area contributed by atoms with Crippen LogP contribution in [0, 0.1) is 11.8 Å². The molecule has 41 heavy (non-hydrogen) atoms. The number of aromatic nitrogens is 1. The lowest BCUT2D eigenvalue weighted by molar-refractivity contribution is -0.0273. The highest BCUT2D eigenvalue weighted by molar-refractivity contribution is 6.74. The summed E-state index contributed by atoms with van der Waals surface area (Å²) in [6.45, 7) is 10.4. The van der Waals surface area contributed by atoms with Crippen molar-refractivity contribution in [3.05, 3.63) is 93.9 Å². The standard InChI is InChI=1S/C32H36N2O6Si/c1-31(2,3)41(4,5)40-32-22(16-20-15-19-13-9-10-14-21(19)26(35)23(20)28(32)36)25(33)27-24(29(32)37)30(34-39-27)38-17-18-11-7-6-8-12-18/h6-14,20,22,25,36H,15-17,33H2,1-5H3/t20-,22-,25-,32?/m0/s1. The maximum absolute atomic E-state index is 14.8. The van der Waals surface area contributed by atoms with E-state index in [0.717, 1.165) is 11.1 Å². The summed E-state index contributed by atoms with van der Waals surface area (Å²) in [5.74, 6) is -1.89. The molecule has 0 amide bonds. The summed E-state index contributed by atoms with van der Waals surface area (Å²) in [4.78, 5) is 28.7. The number of ether oxygens (including phenoxy) is 1. The molecule has 3 N–H and O–H groups in total. The number of benzene rings is 2. The molecule has 2 aromatic carbocycles. The molecule has 0 spiro atoms. The molecule has 0 radical (unpaired) electrons. The van der Waals surface area contributed by atoms with Gasteiger partial charge in [-0.1, -0.05) is 75.4 Å². The fourth-order valence-electron chi connectivity index (χ4n) is 6.29. The average molecular weight is 573 g/mol. The number of allylic oxidation sites excluding steroid dienone is 1. The van der Waals surface area contributed by atoms with Gasteiger partial charge in [-0.2, -0.15) is 0 Å². The molecule has 1 heterocycles. The second-order valence-electron chi connectivity index (χ2n) is 12.9. The van der Waals surface area contributed by atoms with E-state index in [1.807, 2.05) is 61.6 Å². The van der Waals surface area contributed by atoms with Crippen molar-refractivity contribution in [2.45, 2.75) is 70.0 Å². The number of nitrogens with zero attached hydrogens (tertiary/aromatic N) is 1. The van der Waals surface area contributed by atoms with Gasteiger partial charge in [0.2, 0.25) is 5.78 Å². The van der Waals surface area contributed by atoms with Crippen LogP contribution in [0.1, 0.15) is 70.8 Å². The molecule has 214 valence electrons. The predicted octanol–water partition coefficient (Wildman–Crippen LogP) is 6.10. The van der Waals surface area contributed by atoms with Gasteiger partial charge in [0.1, 0.15) is 17.9 Å². The molecular weight excluding hydrogens is 536 g/mol. The third-order valence-electron chi connectivity index (χ3n) is 9.48. The second kappa shape index (κ2) is 9.51. The van der Waals surface area contributed by atoms with E-state index in [1.165, 1.54) is 0 Å². The van der Waals surface area contributed by atoms with Crippen LogP contribution in [-0.4, -0.2) is 35.7 Å². The first-order chi connectivity index (χ1) is 19.4. The van der Waals surface area contributed by atoms with Crippen LogP contribution in [0.5, 0.6) is 5.88 Å². The lowest BCUT2D eigenvalue weighted by Crippen LogP contribution is -2.64. The lowest BCUT2D eigenvalue weighted by atomic mass is 9.59. The Morgan fingerprint density at radius 1 is 1.10 bits per heavy atom. The fourth-order valence-corrected chi connectivity index (χ4v) is 7.74.